The molecule has 0 bridgehead atoms. The van der Waals surface area contributed by atoms with Crippen LogP contribution in [0.1, 0.15) is 23.0 Å². The van der Waals surface area contributed by atoms with Gasteiger partial charge in [-0.15, -0.1) is 0 Å². The van der Waals surface area contributed by atoms with E-state index < -0.39 is 23.8 Å². The van der Waals surface area contributed by atoms with E-state index in [-0.39, 0.29) is 0 Å². The van der Waals surface area contributed by atoms with E-state index in [1.165, 1.54) is 12.2 Å². The maximum Gasteiger partial charge on any atom is 0.314 e. The molecule has 0 heterocycles. The van der Waals surface area contributed by atoms with Crippen LogP contribution < -0.4 is 0 Å². The van der Waals surface area contributed by atoms with Crippen LogP contribution in [0.3, 0.4) is 0 Å². The fraction of sp³-hybridized carbons (Fsp3) is 0.167. The fourth-order valence-electron chi connectivity index (χ4n) is 1.94. The molecular formula is C12H10O4. The van der Waals surface area contributed by atoms with E-state index in [9.17, 15) is 9.59 Å². The average molecular weight is 218 g/mol. The number of fused-ring (bicyclic) bond motifs is 1. The van der Waals surface area contributed by atoms with Crippen molar-refractivity contribution < 1.29 is 19.8 Å². The molecule has 0 radical (unpaired) electrons. The van der Waals surface area contributed by atoms with E-state index in [4.69, 9.17) is 10.2 Å². The number of hydrogen-bond donors (Lipinski definition) is 2. The van der Waals surface area contributed by atoms with E-state index in [1.54, 1.807) is 24.3 Å². The van der Waals surface area contributed by atoms with E-state index in [0.717, 1.165) is 0 Å². The van der Waals surface area contributed by atoms with Crippen molar-refractivity contribution >= 4 is 11.9 Å². The molecule has 0 saturated carbocycles. The predicted molar refractivity (Wildman–Crippen MR) is 56.3 cm³/mol. The van der Waals surface area contributed by atoms with Crippen LogP contribution >= 0.6 is 0 Å². The molecule has 82 valence electrons. The molecule has 0 saturated heterocycles. The lowest BCUT2D eigenvalue weighted by atomic mass is 9.82. The summed E-state index contributed by atoms with van der Waals surface area (Å²) in [4.78, 5) is 22.0. The first kappa shape index (κ1) is 10.4. The highest BCUT2D eigenvalue weighted by Gasteiger charge is 2.30. The highest BCUT2D eigenvalue weighted by molar-refractivity contribution is 5.85. The molecule has 4 heteroatoms. The van der Waals surface area contributed by atoms with Crippen LogP contribution in [0.4, 0.5) is 0 Å². The van der Waals surface area contributed by atoms with Crippen molar-refractivity contribution in [3.8, 4) is 0 Å². The Morgan fingerprint density at radius 1 is 0.875 bits per heavy atom. The molecular weight excluding hydrogens is 208 g/mol. The predicted octanol–water partition coefficient (Wildman–Crippen LogP) is 1.59. The van der Waals surface area contributed by atoms with Crippen molar-refractivity contribution in [1.82, 2.24) is 0 Å². The fourth-order valence-corrected chi connectivity index (χ4v) is 1.94. The smallest absolute Gasteiger partial charge is 0.314 e. The van der Waals surface area contributed by atoms with Gasteiger partial charge in [-0.2, -0.15) is 0 Å². The summed E-state index contributed by atoms with van der Waals surface area (Å²) in [7, 11) is 0. The van der Waals surface area contributed by atoms with Crippen molar-refractivity contribution in [1.29, 1.82) is 0 Å². The van der Waals surface area contributed by atoms with Crippen LogP contribution in [0.2, 0.25) is 0 Å². The first-order valence-corrected chi connectivity index (χ1v) is 4.84. The van der Waals surface area contributed by atoms with Gasteiger partial charge >= 0.3 is 11.9 Å². The SMILES string of the molecule is O=C(O)[C@H]1C=C[C@H](C(=O)O)c2ccccc21. The second-order valence-electron chi connectivity index (χ2n) is 3.65. The first-order chi connectivity index (χ1) is 7.61. The molecule has 1 aromatic rings. The Bertz CT molecular complexity index is 433. The van der Waals surface area contributed by atoms with Crippen molar-refractivity contribution in [2.45, 2.75) is 11.8 Å². The summed E-state index contributed by atoms with van der Waals surface area (Å²) in [5, 5.41) is 18.0. The molecule has 0 aliphatic heterocycles. The third kappa shape index (κ3) is 1.58. The maximum atomic E-state index is 11.0. The lowest BCUT2D eigenvalue weighted by molar-refractivity contribution is -0.139. The molecule has 16 heavy (non-hydrogen) atoms. The second-order valence-corrected chi connectivity index (χ2v) is 3.65. The third-order valence-corrected chi connectivity index (χ3v) is 2.69. The molecule has 1 aliphatic rings. The zero-order valence-corrected chi connectivity index (χ0v) is 8.33. The van der Waals surface area contributed by atoms with Gasteiger partial charge < -0.3 is 10.2 Å². The van der Waals surface area contributed by atoms with Crippen molar-refractivity contribution in [3.63, 3.8) is 0 Å². The minimum absolute atomic E-state index is 0.560. The molecule has 1 aromatic carbocycles. The molecule has 0 fully saturated rings. The number of carbonyl (C=O) groups is 2. The van der Waals surface area contributed by atoms with Crippen LogP contribution in [-0.4, -0.2) is 22.2 Å². The number of benzene rings is 1. The van der Waals surface area contributed by atoms with Crippen molar-refractivity contribution in [2.75, 3.05) is 0 Å². The summed E-state index contributed by atoms with van der Waals surface area (Å²) in [5.74, 6) is -3.42. The van der Waals surface area contributed by atoms with Gasteiger partial charge in [0.15, 0.2) is 0 Å². The number of carboxylic acids is 2. The van der Waals surface area contributed by atoms with Gasteiger partial charge in [0, 0.05) is 0 Å². The highest BCUT2D eigenvalue weighted by atomic mass is 16.4. The summed E-state index contributed by atoms with van der Waals surface area (Å²) in [6.07, 6.45) is 2.87. The zero-order valence-electron chi connectivity index (χ0n) is 8.33. The van der Waals surface area contributed by atoms with Crippen LogP contribution in [0.25, 0.3) is 0 Å². The largest absolute Gasteiger partial charge is 0.481 e. The molecule has 0 spiro atoms. The van der Waals surface area contributed by atoms with Gasteiger partial charge in [-0.25, -0.2) is 0 Å². The summed E-state index contributed by atoms with van der Waals surface area (Å²) >= 11 is 0. The third-order valence-electron chi connectivity index (χ3n) is 2.69. The van der Waals surface area contributed by atoms with Crippen molar-refractivity contribution in [3.05, 3.63) is 47.5 Å². The van der Waals surface area contributed by atoms with Gasteiger partial charge in [0.2, 0.25) is 0 Å². The van der Waals surface area contributed by atoms with Gasteiger partial charge in [0.1, 0.15) is 11.8 Å². The molecule has 1 aliphatic carbocycles. The summed E-state index contributed by atoms with van der Waals surface area (Å²) in [6.45, 7) is 0. The Balaban J connectivity index is 2.54. The number of aliphatic carboxylic acids is 2. The van der Waals surface area contributed by atoms with Gasteiger partial charge in [-0.3, -0.25) is 9.59 Å². The number of hydrogen-bond acceptors (Lipinski definition) is 2. The summed E-state index contributed by atoms with van der Waals surface area (Å²) < 4.78 is 0. The van der Waals surface area contributed by atoms with Crippen molar-refractivity contribution in [2.24, 2.45) is 0 Å². The average Bonchev–Trinajstić information content (AvgIpc) is 2.27. The lowest BCUT2D eigenvalue weighted by Gasteiger charge is -2.21. The van der Waals surface area contributed by atoms with E-state index in [2.05, 4.69) is 0 Å². The lowest BCUT2D eigenvalue weighted by Crippen LogP contribution is -2.20. The Morgan fingerprint density at radius 3 is 1.56 bits per heavy atom. The summed E-state index contributed by atoms with van der Waals surface area (Å²) in [5.41, 5.74) is 1.12. The highest BCUT2D eigenvalue weighted by Crippen LogP contribution is 2.33. The molecule has 2 N–H and O–H groups in total. The minimum Gasteiger partial charge on any atom is -0.481 e. The standard InChI is InChI=1S/C12H10O4/c13-11(14)9-5-6-10(12(15)16)8-4-2-1-3-7(8)9/h1-6,9-10H,(H,13,14)(H,15,16)/t9-,10-/m0/s1. The Labute approximate surface area is 91.8 Å². The molecule has 4 nitrogen and oxygen atoms in total. The topological polar surface area (TPSA) is 74.6 Å². The first-order valence-electron chi connectivity index (χ1n) is 4.84. The van der Waals surface area contributed by atoms with E-state index in [0.29, 0.717) is 11.1 Å². The van der Waals surface area contributed by atoms with Crippen LogP contribution in [-0.2, 0) is 9.59 Å². The Kier molecular flexibility index (Phi) is 2.48. The molecule has 0 unspecified atom stereocenters. The zero-order chi connectivity index (χ0) is 11.7. The van der Waals surface area contributed by atoms with Crippen LogP contribution in [0.5, 0.6) is 0 Å². The normalized spacial score (nSPS) is 22.5. The van der Waals surface area contributed by atoms with E-state index in [1.807, 2.05) is 0 Å². The van der Waals surface area contributed by atoms with Gasteiger partial charge in [0.25, 0.3) is 0 Å². The second kappa shape index (κ2) is 3.81. The van der Waals surface area contributed by atoms with Crippen LogP contribution in [0.15, 0.2) is 36.4 Å². The quantitative estimate of drug-likeness (QED) is 0.739. The maximum absolute atomic E-state index is 11.0. The molecule has 0 amide bonds. The van der Waals surface area contributed by atoms with Gasteiger partial charge in [-0.05, 0) is 11.1 Å². The Morgan fingerprint density at radius 2 is 1.25 bits per heavy atom. The minimum atomic E-state index is -0.965. The summed E-state index contributed by atoms with van der Waals surface area (Å²) in [6, 6.07) is 6.75. The number of rotatable bonds is 2. The Hall–Kier alpha value is -2.10. The monoisotopic (exact) mass is 218 g/mol. The molecule has 2 rings (SSSR count). The molecule has 0 aromatic heterocycles. The van der Waals surface area contributed by atoms with Gasteiger partial charge in [0.05, 0.1) is 0 Å². The van der Waals surface area contributed by atoms with Crippen LogP contribution in [0, 0.1) is 0 Å². The molecule has 2 atom stereocenters. The van der Waals surface area contributed by atoms with Gasteiger partial charge in [-0.1, -0.05) is 36.4 Å². The number of carboxylic acid groups (broad SMARTS) is 2. The van der Waals surface area contributed by atoms with E-state index >= 15 is 0 Å².